The molecule has 1 N–H and O–H groups in total. The highest BCUT2D eigenvalue weighted by molar-refractivity contribution is 5.99. The average Bonchev–Trinajstić information content (AvgIpc) is 3.24. The van der Waals surface area contributed by atoms with Gasteiger partial charge in [-0.25, -0.2) is 9.78 Å². The van der Waals surface area contributed by atoms with Gasteiger partial charge in [-0.05, 0) is 24.1 Å². The maximum absolute atomic E-state index is 13.3. The molecule has 0 bridgehead atoms. The Morgan fingerprint density at radius 1 is 1.14 bits per heavy atom. The monoisotopic (exact) mass is 465 g/mol. The van der Waals surface area contributed by atoms with Crippen molar-refractivity contribution in [1.29, 1.82) is 0 Å². The molecule has 0 aliphatic carbocycles. The number of benzene rings is 2. The standard InChI is InChI=1S/C28H23N3O4/c1-2-28(34)22-12-23-25-20(15-31(23)26(32)21(22)16-35-27(28)33)11-18-9-6-10-19(24(18)30-25)14-29-13-17-7-4-3-5-8-17/h3-12,14,34H,2,13,15-16H2,1H3/t28-/m0/s1. The summed E-state index contributed by atoms with van der Waals surface area (Å²) in [5, 5.41) is 12.0. The van der Waals surface area contributed by atoms with Gasteiger partial charge in [0.25, 0.3) is 5.56 Å². The fraction of sp³-hybridized carbons (Fsp3) is 0.214. The molecule has 0 radical (unpaired) electrons. The number of carbonyl (C=O) groups excluding carboxylic acids is 1. The zero-order valence-corrected chi connectivity index (χ0v) is 19.2. The second kappa shape index (κ2) is 7.99. The summed E-state index contributed by atoms with van der Waals surface area (Å²) in [5.74, 6) is -0.724. The van der Waals surface area contributed by atoms with Crippen molar-refractivity contribution in [2.75, 3.05) is 0 Å². The molecule has 35 heavy (non-hydrogen) atoms. The Morgan fingerprint density at radius 2 is 1.97 bits per heavy atom. The summed E-state index contributed by atoms with van der Waals surface area (Å²) in [6.07, 6.45) is 1.94. The van der Waals surface area contributed by atoms with E-state index < -0.39 is 11.6 Å². The number of carbonyl (C=O) groups is 1. The van der Waals surface area contributed by atoms with E-state index in [9.17, 15) is 14.7 Å². The quantitative estimate of drug-likeness (QED) is 0.323. The van der Waals surface area contributed by atoms with E-state index in [0.29, 0.717) is 35.6 Å². The number of pyridine rings is 2. The number of rotatable bonds is 4. The van der Waals surface area contributed by atoms with Crippen molar-refractivity contribution >= 4 is 23.1 Å². The van der Waals surface area contributed by atoms with Crippen molar-refractivity contribution in [2.24, 2.45) is 4.99 Å². The topological polar surface area (TPSA) is 93.8 Å². The number of ether oxygens (including phenoxy) is 1. The highest BCUT2D eigenvalue weighted by atomic mass is 16.6. The molecular weight excluding hydrogens is 442 g/mol. The summed E-state index contributed by atoms with van der Waals surface area (Å²) in [5.41, 5.74) is 3.53. The lowest BCUT2D eigenvalue weighted by atomic mass is 9.86. The fourth-order valence-corrected chi connectivity index (χ4v) is 4.97. The SMILES string of the molecule is CC[C@@]1(O)C(=O)OCc2c1cc1n(c2=O)Cc2cc3cccc(C=NCc4ccccc4)c3nc2-1. The third-order valence-electron chi connectivity index (χ3n) is 6.92. The summed E-state index contributed by atoms with van der Waals surface area (Å²) < 4.78 is 6.79. The lowest BCUT2D eigenvalue weighted by Crippen LogP contribution is -2.44. The third-order valence-corrected chi connectivity index (χ3v) is 6.92. The number of para-hydroxylation sites is 1. The van der Waals surface area contributed by atoms with Crippen molar-refractivity contribution in [1.82, 2.24) is 9.55 Å². The molecule has 4 heterocycles. The summed E-state index contributed by atoms with van der Waals surface area (Å²) >= 11 is 0. The van der Waals surface area contributed by atoms with Crippen LogP contribution in [0.2, 0.25) is 0 Å². The molecule has 0 saturated carbocycles. The third kappa shape index (κ3) is 3.31. The minimum Gasteiger partial charge on any atom is -0.458 e. The molecule has 174 valence electrons. The predicted octanol–water partition coefficient (Wildman–Crippen LogP) is 3.70. The molecule has 0 saturated heterocycles. The molecule has 0 amide bonds. The van der Waals surface area contributed by atoms with Crippen molar-refractivity contribution in [3.63, 3.8) is 0 Å². The number of cyclic esters (lactones) is 1. The number of esters is 1. The molecule has 2 aromatic heterocycles. The molecule has 1 atom stereocenters. The zero-order chi connectivity index (χ0) is 24.2. The molecule has 0 fully saturated rings. The number of fused-ring (bicyclic) bond motifs is 5. The molecule has 0 spiro atoms. The van der Waals surface area contributed by atoms with E-state index in [0.717, 1.165) is 27.6 Å². The Morgan fingerprint density at radius 3 is 2.77 bits per heavy atom. The minimum absolute atomic E-state index is 0.113. The number of hydrogen-bond acceptors (Lipinski definition) is 6. The lowest BCUT2D eigenvalue weighted by Gasteiger charge is -2.31. The van der Waals surface area contributed by atoms with Gasteiger partial charge >= 0.3 is 5.97 Å². The molecule has 0 unspecified atom stereocenters. The summed E-state index contributed by atoms with van der Waals surface area (Å²) in [7, 11) is 0. The maximum atomic E-state index is 13.3. The number of aromatic nitrogens is 2. The molecule has 2 aliphatic heterocycles. The minimum atomic E-state index is -1.84. The Labute approximate surface area is 201 Å². The van der Waals surface area contributed by atoms with Gasteiger partial charge in [0, 0.05) is 28.3 Å². The summed E-state index contributed by atoms with van der Waals surface area (Å²) in [6.45, 7) is 2.51. The number of hydrogen-bond donors (Lipinski definition) is 1. The van der Waals surface area contributed by atoms with Crippen LogP contribution in [0.5, 0.6) is 0 Å². The van der Waals surface area contributed by atoms with E-state index in [1.54, 1.807) is 17.6 Å². The fourth-order valence-electron chi connectivity index (χ4n) is 4.97. The van der Waals surface area contributed by atoms with Crippen LogP contribution in [-0.2, 0) is 34.8 Å². The lowest BCUT2D eigenvalue weighted by molar-refractivity contribution is -0.172. The van der Waals surface area contributed by atoms with Crippen LogP contribution < -0.4 is 5.56 Å². The van der Waals surface area contributed by atoms with Gasteiger partial charge in [0.1, 0.15) is 6.61 Å². The second-order valence-corrected chi connectivity index (χ2v) is 8.97. The Balaban J connectivity index is 1.47. The van der Waals surface area contributed by atoms with Crippen LogP contribution in [0, 0.1) is 0 Å². The van der Waals surface area contributed by atoms with Crippen molar-refractivity contribution < 1.29 is 14.6 Å². The molecule has 7 nitrogen and oxygen atoms in total. The van der Waals surface area contributed by atoms with E-state index in [1.807, 2.05) is 60.8 Å². The van der Waals surface area contributed by atoms with Crippen molar-refractivity contribution in [2.45, 2.75) is 38.6 Å². The van der Waals surface area contributed by atoms with Crippen LogP contribution >= 0.6 is 0 Å². The first kappa shape index (κ1) is 21.4. The van der Waals surface area contributed by atoms with Crippen LogP contribution in [0.4, 0.5) is 0 Å². The number of aliphatic imine (C=N–C) groups is 1. The van der Waals surface area contributed by atoms with E-state index in [1.165, 1.54) is 0 Å². The van der Waals surface area contributed by atoms with E-state index >= 15 is 0 Å². The van der Waals surface area contributed by atoms with Gasteiger partial charge in [-0.2, -0.15) is 0 Å². The number of nitrogens with zero attached hydrogens (tertiary/aromatic N) is 3. The van der Waals surface area contributed by atoms with Gasteiger partial charge < -0.3 is 14.4 Å². The maximum Gasteiger partial charge on any atom is 0.343 e. The molecule has 2 aromatic carbocycles. The van der Waals surface area contributed by atoms with Crippen molar-refractivity contribution in [3.8, 4) is 11.4 Å². The first-order chi connectivity index (χ1) is 17.0. The van der Waals surface area contributed by atoms with Crippen LogP contribution in [-0.4, -0.2) is 26.8 Å². The molecule has 2 aliphatic rings. The Kier molecular flexibility index (Phi) is 4.89. The molecular formula is C28H23N3O4. The van der Waals surface area contributed by atoms with Gasteiger partial charge in [0.2, 0.25) is 0 Å². The van der Waals surface area contributed by atoms with Crippen molar-refractivity contribution in [3.05, 3.63) is 98.8 Å². The zero-order valence-electron chi connectivity index (χ0n) is 19.2. The normalized spacial score (nSPS) is 18.4. The first-order valence-corrected chi connectivity index (χ1v) is 11.6. The molecule has 4 aromatic rings. The van der Waals surface area contributed by atoms with Crippen LogP contribution in [0.25, 0.3) is 22.3 Å². The van der Waals surface area contributed by atoms with Gasteiger partial charge in [-0.15, -0.1) is 0 Å². The largest absolute Gasteiger partial charge is 0.458 e. The van der Waals surface area contributed by atoms with Gasteiger partial charge in [-0.3, -0.25) is 9.79 Å². The first-order valence-electron chi connectivity index (χ1n) is 11.6. The summed E-state index contributed by atoms with van der Waals surface area (Å²) in [6, 6.07) is 19.7. The Hall–Kier alpha value is -4.10. The second-order valence-electron chi connectivity index (χ2n) is 8.97. The van der Waals surface area contributed by atoms with E-state index in [4.69, 9.17) is 9.72 Å². The average molecular weight is 466 g/mol. The molecule has 6 rings (SSSR count). The van der Waals surface area contributed by atoms with Gasteiger partial charge in [-0.1, -0.05) is 55.5 Å². The van der Waals surface area contributed by atoms with Gasteiger partial charge in [0.05, 0.1) is 35.6 Å². The molecule has 7 heteroatoms. The number of aliphatic hydroxyl groups is 1. The van der Waals surface area contributed by atoms with Crippen LogP contribution in [0.1, 0.15) is 41.2 Å². The highest BCUT2D eigenvalue weighted by Crippen LogP contribution is 2.38. The highest BCUT2D eigenvalue weighted by Gasteiger charge is 2.45. The van der Waals surface area contributed by atoms with Crippen LogP contribution in [0.15, 0.2) is 70.5 Å². The van der Waals surface area contributed by atoms with E-state index in [2.05, 4.69) is 4.99 Å². The van der Waals surface area contributed by atoms with Gasteiger partial charge in [0.15, 0.2) is 5.60 Å². The smallest absolute Gasteiger partial charge is 0.343 e. The Bertz CT molecular complexity index is 1590. The predicted molar refractivity (Wildman–Crippen MR) is 132 cm³/mol. The van der Waals surface area contributed by atoms with E-state index in [-0.39, 0.29) is 18.6 Å². The summed E-state index contributed by atoms with van der Waals surface area (Å²) in [4.78, 5) is 35.3. The van der Waals surface area contributed by atoms with Crippen LogP contribution in [0.3, 0.4) is 0 Å².